The summed E-state index contributed by atoms with van der Waals surface area (Å²) in [5.74, 6) is 0. The average molecular weight is 286 g/mol. The molecule has 0 saturated carbocycles. The summed E-state index contributed by atoms with van der Waals surface area (Å²) in [5, 5.41) is 0.972. The van der Waals surface area contributed by atoms with Gasteiger partial charge in [-0.3, -0.25) is 4.55 Å². The van der Waals surface area contributed by atoms with Crippen molar-refractivity contribution in [1.82, 2.24) is 4.13 Å². The Morgan fingerprint density at radius 1 is 1.17 bits per heavy atom. The number of anilines is 1. The first-order valence-corrected chi connectivity index (χ1v) is 7.41. The van der Waals surface area contributed by atoms with Gasteiger partial charge in [0, 0.05) is 11.1 Å². The minimum absolute atomic E-state index is 0.125. The molecule has 1 atom stereocenters. The van der Waals surface area contributed by atoms with Crippen molar-refractivity contribution in [3.63, 3.8) is 0 Å². The van der Waals surface area contributed by atoms with Gasteiger partial charge in [-0.2, -0.15) is 0 Å². The highest BCUT2D eigenvalue weighted by Crippen LogP contribution is 2.27. The number of rotatable bonds is 3. The highest BCUT2D eigenvalue weighted by atomic mass is 32.3. The summed E-state index contributed by atoms with van der Waals surface area (Å²) in [6.45, 7) is 0. The molecule has 0 heterocycles. The van der Waals surface area contributed by atoms with Crippen molar-refractivity contribution in [1.29, 1.82) is 0 Å². The van der Waals surface area contributed by atoms with E-state index in [1.54, 1.807) is 28.4 Å². The summed E-state index contributed by atoms with van der Waals surface area (Å²) in [6, 6.07) is 9.55. The molecule has 2 aromatic rings. The molecule has 1 unspecified atom stereocenters. The van der Waals surface area contributed by atoms with E-state index in [0.29, 0.717) is 10.8 Å². The number of fused-ring (bicyclic) bond motifs is 1. The van der Waals surface area contributed by atoms with E-state index in [4.69, 9.17) is 10.3 Å². The van der Waals surface area contributed by atoms with E-state index in [9.17, 15) is 12.6 Å². The molecule has 96 valence electrons. The molecule has 0 spiro atoms. The quantitative estimate of drug-likeness (QED) is 0.572. The highest BCUT2D eigenvalue weighted by Gasteiger charge is 2.20. The largest absolute Gasteiger partial charge is 0.398 e. The van der Waals surface area contributed by atoms with E-state index >= 15 is 0 Å². The van der Waals surface area contributed by atoms with Crippen molar-refractivity contribution in [2.24, 2.45) is 0 Å². The molecule has 2 aromatic carbocycles. The van der Waals surface area contributed by atoms with Crippen LogP contribution in [0.5, 0.6) is 0 Å². The van der Waals surface area contributed by atoms with E-state index in [1.165, 1.54) is 12.1 Å². The Morgan fingerprint density at radius 3 is 2.39 bits per heavy atom. The van der Waals surface area contributed by atoms with Crippen LogP contribution in [0.15, 0.2) is 41.3 Å². The van der Waals surface area contributed by atoms with Gasteiger partial charge in [0.05, 0.1) is 4.90 Å². The molecule has 0 aliphatic carbocycles. The Balaban J connectivity index is 2.76. The summed E-state index contributed by atoms with van der Waals surface area (Å²) in [5.41, 5.74) is 6.04. The molecule has 4 N–H and O–H groups in total. The van der Waals surface area contributed by atoms with E-state index in [1.807, 2.05) is 0 Å². The highest BCUT2D eigenvalue weighted by molar-refractivity contribution is 8.00. The molecule has 8 heteroatoms. The first kappa shape index (κ1) is 13.0. The molecule has 0 aliphatic rings. The lowest BCUT2D eigenvalue weighted by molar-refractivity contribution is 0.554. The number of hydrogen-bond donors (Lipinski definition) is 3. The normalized spacial score (nSPS) is 13.6. The molecular weight excluding hydrogens is 276 g/mol. The summed E-state index contributed by atoms with van der Waals surface area (Å²) in [4.78, 5) is -0.125. The second kappa shape index (κ2) is 4.65. The Kier molecular flexibility index (Phi) is 3.35. The lowest BCUT2D eigenvalue weighted by Crippen LogP contribution is -2.25. The monoisotopic (exact) mass is 286 g/mol. The van der Waals surface area contributed by atoms with E-state index < -0.39 is 21.3 Å². The summed E-state index contributed by atoms with van der Waals surface area (Å²) >= 11 is -2.66. The molecule has 2 rings (SSSR count). The third kappa shape index (κ3) is 2.36. The Morgan fingerprint density at radius 2 is 1.78 bits per heavy atom. The van der Waals surface area contributed by atoms with Gasteiger partial charge in [-0.25, -0.2) is 12.6 Å². The zero-order valence-electron chi connectivity index (χ0n) is 9.03. The van der Waals surface area contributed by atoms with E-state index in [2.05, 4.69) is 0 Å². The van der Waals surface area contributed by atoms with Crippen LogP contribution in [0.3, 0.4) is 0 Å². The second-order valence-corrected chi connectivity index (χ2v) is 6.15. The predicted molar refractivity (Wildman–Crippen MR) is 69.5 cm³/mol. The second-order valence-electron chi connectivity index (χ2n) is 3.54. The molecule has 0 fully saturated rings. The van der Waals surface area contributed by atoms with Crippen molar-refractivity contribution in [3.8, 4) is 0 Å². The van der Waals surface area contributed by atoms with Gasteiger partial charge in [-0.1, -0.05) is 24.3 Å². The Bertz CT molecular complexity index is 722. The zero-order valence-corrected chi connectivity index (χ0v) is 10.7. The van der Waals surface area contributed by atoms with Crippen molar-refractivity contribution in [3.05, 3.63) is 36.4 Å². The van der Waals surface area contributed by atoms with Crippen LogP contribution >= 0.6 is 0 Å². The van der Waals surface area contributed by atoms with Crippen LogP contribution in [0, 0.1) is 0 Å². The topological polar surface area (TPSA) is 109 Å². The van der Waals surface area contributed by atoms with Gasteiger partial charge < -0.3 is 5.73 Å². The van der Waals surface area contributed by atoms with Crippen molar-refractivity contribution in [2.75, 3.05) is 5.73 Å². The Hall–Kier alpha value is -1.48. The fourth-order valence-corrected chi connectivity index (χ4v) is 3.57. The van der Waals surface area contributed by atoms with Gasteiger partial charge >= 0.3 is 0 Å². The molecule has 0 aromatic heterocycles. The third-order valence-electron chi connectivity index (χ3n) is 2.37. The van der Waals surface area contributed by atoms with Crippen LogP contribution in [0.1, 0.15) is 0 Å². The first-order valence-electron chi connectivity index (χ1n) is 4.82. The molecule has 0 amide bonds. The standard InChI is InChI=1S/C10H10N2O4S2/c11-8-5-1-3-7-4-2-6-9(10(7)8)18(15,16)12-17(13)14/h1-6,12H,11H2,(H,13,14). The van der Waals surface area contributed by atoms with Crippen LogP contribution in [0.4, 0.5) is 5.69 Å². The van der Waals surface area contributed by atoms with Crippen molar-refractivity contribution in [2.45, 2.75) is 4.90 Å². The molecule has 18 heavy (non-hydrogen) atoms. The average Bonchev–Trinajstić information content (AvgIpc) is 2.27. The lowest BCUT2D eigenvalue weighted by Gasteiger charge is -2.09. The SMILES string of the molecule is Nc1cccc2cccc(S(=O)(=O)NS(=O)O)c12. The number of sulfonamides is 1. The van der Waals surface area contributed by atoms with Gasteiger partial charge in [0.1, 0.15) is 0 Å². The molecule has 0 bridgehead atoms. The van der Waals surface area contributed by atoms with Crippen LogP contribution in [-0.4, -0.2) is 17.2 Å². The summed E-state index contributed by atoms with van der Waals surface area (Å²) < 4.78 is 44.6. The van der Waals surface area contributed by atoms with Crippen LogP contribution in [-0.2, 0) is 21.3 Å². The van der Waals surface area contributed by atoms with Gasteiger partial charge in [-0.15, -0.1) is 4.13 Å². The Labute approximate surface area is 106 Å². The number of nitrogen functional groups attached to an aromatic ring is 1. The fraction of sp³-hybridized carbons (Fsp3) is 0. The first-order chi connectivity index (χ1) is 8.42. The maximum atomic E-state index is 11.9. The predicted octanol–water partition coefficient (Wildman–Crippen LogP) is 0.837. The van der Waals surface area contributed by atoms with Crippen LogP contribution in [0.25, 0.3) is 10.8 Å². The van der Waals surface area contributed by atoms with Crippen LogP contribution < -0.4 is 9.86 Å². The molecular formula is C10H10N2O4S2. The van der Waals surface area contributed by atoms with Crippen LogP contribution in [0.2, 0.25) is 0 Å². The maximum absolute atomic E-state index is 11.9. The third-order valence-corrected chi connectivity index (χ3v) is 4.74. The maximum Gasteiger partial charge on any atom is 0.254 e. The van der Waals surface area contributed by atoms with Crippen molar-refractivity contribution >= 4 is 37.7 Å². The lowest BCUT2D eigenvalue weighted by atomic mass is 10.1. The van der Waals surface area contributed by atoms with Gasteiger partial charge in [0.15, 0.2) is 0 Å². The summed E-state index contributed by atoms with van der Waals surface area (Å²) in [6.07, 6.45) is 0. The number of benzene rings is 2. The fourth-order valence-electron chi connectivity index (χ4n) is 1.70. The number of hydrogen-bond acceptors (Lipinski definition) is 4. The van der Waals surface area contributed by atoms with E-state index in [-0.39, 0.29) is 10.6 Å². The summed E-state index contributed by atoms with van der Waals surface area (Å²) in [7, 11) is -4.09. The smallest absolute Gasteiger partial charge is 0.254 e. The number of nitrogens with two attached hydrogens (primary N) is 1. The minimum atomic E-state index is -4.09. The zero-order chi connectivity index (χ0) is 13.3. The minimum Gasteiger partial charge on any atom is -0.398 e. The van der Waals surface area contributed by atoms with Gasteiger partial charge in [0.2, 0.25) is 11.3 Å². The van der Waals surface area contributed by atoms with Gasteiger partial charge in [0.25, 0.3) is 10.0 Å². The van der Waals surface area contributed by atoms with Gasteiger partial charge in [-0.05, 0) is 17.5 Å². The molecule has 6 nitrogen and oxygen atoms in total. The molecule has 0 saturated heterocycles. The van der Waals surface area contributed by atoms with Crippen molar-refractivity contribution < 1.29 is 17.2 Å². The molecule has 0 radical (unpaired) electrons. The number of nitrogens with one attached hydrogen (secondary N) is 1. The van der Waals surface area contributed by atoms with E-state index in [0.717, 1.165) is 0 Å². The molecule has 0 aliphatic heterocycles.